The molecule has 0 unspecified atom stereocenters. The molecule has 0 fully saturated rings. The molecule has 6 rings (SSSR count). The average Bonchev–Trinajstić information content (AvgIpc) is 3.46. The fourth-order valence-corrected chi connectivity index (χ4v) is 5.35. The molecule has 6 nitrogen and oxygen atoms in total. The van der Waals surface area contributed by atoms with Crippen LogP contribution in [0.3, 0.4) is 0 Å². The zero-order valence-corrected chi connectivity index (χ0v) is 21.7. The molecule has 0 N–H and O–H groups in total. The van der Waals surface area contributed by atoms with Gasteiger partial charge in [0.15, 0.2) is 17.2 Å². The highest BCUT2D eigenvalue weighted by Crippen LogP contribution is 2.34. The van der Waals surface area contributed by atoms with Crippen LogP contribution in [0, 0.1) is 5.82 Å². The predicted octanol–water partition coefficient (Wildman–Crippen LogP) is 6.71. The lowest BCUT2D eigenvalue weighted by molar-refractivity contribution is -0.140. The largest absolute Gasteiger partial charge is 0.434 e. The number of hydrogen-bond donors (Lipinski definition) is 0. The first-order valence-corrected chi connectivity index (χ1v) is 12.8. The minimum Gasteiger partial charge on any atom is -0.333 e. The van der Waals surface area contributed by atoms with Gasteiger partial charge in [-0.05, 0) is 36.8 Å². The molecule has 0 saturated heterocycles. The number of rotatable bonds is 5. The maximum Gasteiger partial charge on any atom is 0.434 e. The highest BCUT2D eigenvalue weighted by molar-refractivity contribution is 5.84. The zero-order valence-electron chi connectivity index (χ0n) is 21.7. The second kappa shape index (κ2) is 9.29. The normalized spacial score (nSPS) is 13.5. The summed E-state index contributed by atoms with van der Waals surface area (Å²) in [7, 11) is 1.54. The number of hydrogen-bond acceptors (Lipinski definition) is 4. The molecule has 0 radical (unpaired) electrons. The summed E-state index contributed by atoms with van der Waals surface area (Å²) in [4.78, 5) is 13.5. The highest BCUT2D eigenvalue weighted by Gasteiger charge is 2.34. The van der Waals surface area contributed by atoms with Crippen molar-refractivity contribution in [3.63, 3.8) is 0 Å². The van der Waals surface area contributed by atoms with Crippen LogP contribution in [0.5, 0.6) is 0 Å². The van der Waals surface area contributed by atoms with E-state index in [1.54, 1.807) is 25.2 Å². The number of halogens is 4. The zero-order chi connectivity index (χ0) is 27.5. The van der Waals surface area contributed by atoms with Crippen molar-refractivity contribution in [1.29, 1.82) is 0 Å². The lowest BCUT2D eigenvalue weighted by atomic mass is 9.95. The van der Waals surface area contributed by atoms with Gasteiger partial charge in [-0.25, -0.2) is 24.0 Å². The Morgan fingerprint density at radius 3 is 2.38 bits per heavy atom. The van der Waals surface area contributed by atoms with Gasteiger partial charge in [-0.1, -0.05) is 50.2 Å². The summed E-state index contributed by atoms with van der Waals surface area (Å²) in [6.45, 7) is 4.32. The first-order valence-electron chi connectivity index (χ1n) is 12.8. The van der Waals surface area contributed by atoms with Crippen LogP contribution in [0.1, 0.15) is 54.4 Å². The molecule has 2 aromatic carbocycles. The fourth-order valence-electron chi connectivity index (χ4n) is 5.35. The molecule has 0 bridgehead atoms. The van der Waals surface area contributed by atoms with Crippen molar-refractivity contribution in [2.45, 2.75) is 51.7 Å². The molecule has 5 aromatic rings. The monoisotopic (exact) mass is 534 g/mol. The molecule has 0 saturated carbocycles. The van der Waals surface area contributed by atoms with Crippen LogP contribution in [0.2, 0.25) is 0 Å². The molecule has 3 aromatic heterocycles. The van der Waals surface area contributed by atoms with E-state index >= 15 is 0 Å². The van der Waals surface area contributed by atoms with Crippen LogP contribution in [-0.4, -0.2) is 29.3 Å². The molecule has 0 spiro atoms. The number of benzene rings is 2. The molecule has 3 heterocycles. The minimum atomic E-state index is -4.50. The lowest BCUT2D eigenvalue weighted by Gasteiger charge is -2.15. The van der Waals surface area contributed by atoms with Crippen molar-refractivity contribution < 1.29 is 17.6 Å². The second-order valence-electron chi connectivity index (χ2n) is 10.3. The Hall–Kier alpha value is -4.08. The van der Waals surface area contributed by atoms with E-state index in [4.69, 9.17) is 15.1 Å². The van der Waals surface area contributed by atoms with Gasteiger partial charge in [0.2, 0.25) is 0 Å². The van der Waals surface area contributed by atoms with Crippen molar-refractivity contribution >= 4 is 11.0 Å². The van der Waals surface area contributed by atoms with Crippen LogP contribution < -0.4 is 0 Å². The van der Waals surface area contributed by atoms with Crippen molar-refractivity contribution in [3.8, 4) is 22.8 Å². The third-order valence-corrected chi connectivity index (χ3v) is 7.15. The van der Waals surface area contributed by atoms with E-state index < -0.39 is 11.9 Å². The van der Waals surface area contributed by atoms with Gasteiger partial charge in [-0.2, -0.15) is 18.3 Å². The summed E-state index contributed by atoms with van der Waals surface area (Å²) in [5, 5.41) is 5.80. The topological polar surface area (TPSA) is 61.4 Å². The molecule has 0 aliphatic heterocycles. The number of aryl methyl sites for hydroxylation is 3. The van der Waals surface area contributed by atoms with Crippen molar-refractivity contribution in [2.75, 3.05) is 0 Å². The van der Waals surface area contributed by atoms with Crippen LogP contribution in [0.15, 0.2) is 48.7 Å². The lowest BCUT2D eigenvalue weighted by Crippen LogP contribution is -2.07. The van der Waals surface area contributed by atoms with Gasteiger partial charge in [0.25, 0.3) is 0 Å². The fraction of sp³-hybridized carbons (Fsp3) is 0.310. The summed E-state index contributed by atoms with van der Waals surface area (Å²) < 4.78 is 57.3. The van der Waals surface area contributed by atoms with E-state index in [0.29, 0.717) is 34.7 Å². The SMILES string of the molecule is CC(C)c1c(F)cccc1-c1nc2c3c(nn(Cc4ccc(-c5nc(C(F)(F)F)cn5C)cc4)c3n1)CCC2. The Morgan fingerprint density at radius 2 is 1.69 bits per heavy atom. The van der Waals surface area contributed by atoms with Crippen LogP contribution in [0.25, 0.3) is 33.8 Å². The first-order chi connectivity index (χ1) is 18.6. The quantitative estimate of drug-likeness (QED) is 0.235. The number of aromatic nitrogens is 6. The van der Waals surface area contributed by atoms with Crippen molar-refractivity contribution in [2.24, 2.45) is 7.05 Å². The Bertz CT molecular complexity index is 1700. The molecule has 200 valence electrons. The molecular weight excluding hydrogens is 508 g/mol. The average molecular weight is 535 g/mol. The first kappa shape index (κ1) is 25.2. The maximum atomic E-state index is 14.8. The number of imidazole rings is 1. The third-order valence-electron chi connectivity index (χ3n) is 7.15. The van der Waals surface area contributed by atoms with E-state index in [2.05, 4.69) is 4.98 Å². The predicted molar refractivity (Wildman–Crippen MR) is 140 cm³/mol. The molecule has 0 amide bonds. The minimum absolute atomic E-state index is 0.0400. The maximum absolute atomic E-state index is 14.8. The van der Waals surface area contributed by atoms with Gasteiger partial charge < -0.3 is 4.57 Å². The van der Waals surface area contributed by atoms with Gasteiger partial charge >= 0.3 is 6.18 Å². The smallest absolute Gasteiger partial charge is 0.333 e. The third kappa shape index (κ3) is 4.47. The van der Waals surface area contributed by atoms with Gasteiger partial charge in [-0.15, -0.1) is 0 Å². The van der Waals surface area contributed by atoms with Gasteiger partial charge in [0, 0.05) is 29.9 Å². The standard InChI is InChI=1S/C29H26F4N6/c1-16(2)24-19(6-4-7-20(24)30)26-34-21-8-5-9-22-25(21)28(36-26)39(37-22)14-17-10-12-18(13-11-17)27-35-23(15-38(27)3)29(31,32)33/h4,6-7,10-13,15-16H,5,8-9,14H2,1-3H3. The van der Waals surface area contributed by atoms with E-state index in [-0.39, 0.29) is 17.6 Å². The van der Waals surface area contributed by atoms with E-state index in [1.165, 1.54) is 10.6 Å². The summed E-state index contributed by atoms with van der Waals surface area (Å²) >= 11 is 0. The van der Waals surface area contributed by atoms with Crippen LogP contribution in [-0.2, 0) is 32.6 Å². The molecule has 10 heteroatoms. The molecule has 1 aliphatic carbocycles. The highest BCUT2D eigenvalue weighted by atomic mass is 19.4. The second-order valence-corrected chi connectivity index (χ2v) is 10.3. The summed E-state index contributed by atoms with van der Waals surface area (Å²) in [6.07, 6.45) is -0.959. The Morgan fingerprint density at radius 1 is 0.949 bits per heavy atom. The van der Waals surface area contributed by atoms with Crippen LogP contribution >= 0.6 is 0 Å². The Balaban J connectivity index is 1.38. The van der Waals surface area contributed by atoms with Gasteiger partial charge in [0.1, 0.15) is 11.6 Å². The molecular formula is C29H26F4N6. The Labute approximate surface area is 222 Å². The number of alkyl halides is 3. The summed E-state index contributed by atoms with van der Waals surface area (Å²) in [5.74, 6) is 0.413. The van der Waals surface area contributed by atoms with Crippen LogP contribution in [0.4, 0.5) is 17.6 Å². The van der Waals surface area contributed by atoms with Gasteiger partial charge in [-0.3, -0.25) is 0 Å². The molecule has 39 heavy (non-hydrogen) atoms. The Kier molecular flexibility index (Phi) is 6.00. The molecule has 0 atom stereocenters. The van der Waals surface area contributed by atoms with E-state index in [1.807, 2.05) is 36.7 Å². The summed E-state index contributed by atoms with van der Waals surface area (Å²) in [6, 6.07) is 12.2. The van der Waals surface area contributed by atoms with E-state index in [9.17, 15) is 17.6 Å². The summed E-state index contributed by atoms with van der Waals surface area (Å²) in [5.41, 5.74) is 4.42. The van der Waals surface area contributed by atoms with E-state index in [0.717, 1.165) is 47.8 Å². The number of nitrogens with zero attached hydrogens (tertiary/aromatic N) is 6. The molecule has 1 aliphatic rings. The van der Waals surface area contributed by atoms with Crippen molar-refractivity contribution in [3.05, 3.63) is 82.7 Å². The van der Waals surface area contributed by atoms with Crippen molar-refractivity contribution in [1.82, 2.24) is 29.3 Å². The van der Waals surface area contributed by atoms with Gasteiger partial charge in [0.05, 0.1) is 23.3 Å².